The summed E-state index contributed by atoms with van der Waals surface area (Å²) in [7, 11) is 0. The molecule has 1 aliphatic rings. The quantitative estimate of drug-likeness (QED) is 0.194. The van der Waals surface area contributed by atoms with Crippen LogP contribution in [0.25, 0.3) is 54.2 Å². The molecule has 0 saturated heterocycles. The molecular formula is C43H31N. The lowest BCUT2D eigenvalue weighted by Crippen LogP contribution is -2.15. The van der Waals surface area contributed by atoms with Gasteiger partial charge in [-0.25, -0.2) is 0 Å². The highest BCUT2D eigenvalue weighted by Gasteiger charge is 2.38. The standard InChI is InChI=1S/C43H31N/c1-43(2)39-19-11-10-18-37(39)41-36-17-9-8-16-35(36)40-34-25-23-33(27-30(34)21-24-38(40)42(41)43)44(31-14-4-3-5-15-31)32-22-20-28-12-6-7-13-29(28)26-32/h3-27H,1-2H3. The number of rotatable bonds is 3. The summed E-state index contributed by atoms with van der Waals surface area (Å²) in [5.74, 6) is 0. The van der Waals surface area contributed by atoms with Crippen LogP contribution in [0.3, 0.4) is 0 Å². The highest BCUT2D eigenvalue weighted by atomic mass is 15.1. The molecule has 9 rings (SSSR count). The Hall–Kier alpha value is -5.40. The molecule has 0 radical (unpaired) electrons. The molecule has 0 N–H and O–H groups in total. The van der Waals surface area contributed by atoms with E-state index in [0.717, 1.165) is 17.1 Å². The van der Waals surface area contributed by atoms with Crippen molar-refractivity contribution in [2.75, 3.05) is 4.90 Å². The third-order valence-electron chi connectivity index (χ3n) is 9.75. The molecule has 0 bridgehead atoms. The third-order valence-corrected chi connectivity index (χ3v) is 9.75. The first kappa shape index (κ1) is 25.1. The van der Waals surface area contributed by atoms with Crippen molar-refractivity contribution in [3.8, 4) is 11.1 Å². The summed E-state index contributed by atoms with van der Waals surface area (Å²) < 4.78 is 0. The van der Waals surface area contributed by atoms with Gasteiger partial charge in [-0.1, -0.05) is 129 Å². The Balaban J connectivity index is 1.31. The largest absolute Gasteiger partial charge is 0.310 e. The zero-order valence-corrected chi connectivity index (χ0v) is 24.9. The average molecular weight is 562 g/mol. The number of hydrogen-bond acceptors (Lipinski definition) is 1. The van der Waals surface area contributed by atoms with E-state index in [0.29, 0.717) is 0 Å². The van der Waals surface area contributed by atoms with Gasteiger partial charge < -0.3 is 4.90 Å². The molecule has 8 aromatic carbocycles. The van der Waals surface area contributed by atoms with E-state index in [1.54, 1.807) is 0 Å². The van der Waals surface area contributed by atoms with Crippen molar-refractivity contribution in [1.82, 2.24) is 0 Å². The van der Waals surface area contributed by atoms with Gasteiger partial charge in [-0.05, 0) is 102 Å². The van der Waals surface area contributed by atoms with Crippen LogP contribution < -0.4 is 4.90 Å². The van der Waals surface area contributed by atoms with E-state index in [2.05, 4.69) is 170 Å². The topological polar surface area (TPSA) is 3.24 Å². The number of anilines is 3. The van der Waals surface area contributed by atoms with Crippen molar-refractivity contribution < 1.29 is 0 Å². The van der Waals surface area contributed by atoms with Crippen molar-refractivity contribution >= 4 is 60.2 Å². The molecular weight excluding hydrogens is 530 g/mol. The summed E-state index contributed by atoms with van der Waals surface area (Å²) in [6.45, 7) is 4.78. The second-order valence-corrected chi connectivity index (χ2v) is 12.6. The maximum absolute atomic E-state index is 2.39. The highest BCUT2D eigenvalue weighted by molar-refractivity contribution is 6.26. The maximum atomic E-state index is 2.39. The SMILES string of the molecule is CC1(C)c2ccccc2-c2c1c1ccc3cc(N(c4ccccc4)c4ccc5ccccc5c4)ccc3c1c1ccccc21. The van der Waals surface area contributed by atoms with Gasteiger partial charge in [0.1, 0.15) is 0 Å². The summed E-state index contributed by atoms with van der Waals surface area (Å²) >= 11 is 0. The maximum Gasteiger partial charge on any atom is 0.0468 e. The lowest BCUT2D eigenvalue weighted by atomic mass is 9.78. The van der Waals surface area contributed by atoms with E-state index in [1.165, 1.54) is 65.3 Å². The first-order valence-electron chi connectivity index (χ1n) is 15.5. The molecule has 44 heavy (non-hydrogen) atoms. The van der Waals surface area contributed by atoms with Crippen LogP contribution >= 0.6 is 0 Å². The van der Waals surface area contributed by atoms with Crippen molar-refractivity contribution in [2.45, 2.75) is 19.3 Å². The van der Waals surface area contributed by atoms with E-state index < -0.39 is 0 Å². The first-order chi connectivity index (χ1) is 21.6. The molecule has 208 valence electrons. The van der Waals surface area contributed by atoms with Gasteiger partial charge in [-0.2, -0.15) is 0 Å². The smallest absolute Gasteiger partial charge is 0.0468 e. The number of benzene rings is 8. The Morgan fingerprint density at radius 2 is 1.05 bits per heavy atom. The van der Waals surface area contributed by atoms with Crippen LogP contribution in [-0.4, -0.2) is 0 Å². The predicted molar refractivity (Wildman–Crippen MR) is 189 cm³/mol. The van der Waals surface area contributed by atoms with Crippen LogP contribution in [-0.2, 0) is 5.41 Å². The van der Waals surface area contributed by atoms with E-state index >= 15 is 0 Å². The van der Waals surface area contributed by atoms with Crippen LogP contribution in [0.1, 0.15) is 25.0 Å². The summed E-state index contributed by atoms with van der Waals surface area (Å²) in [5, 5.41) is 10.4. The van der Waals surface area contributed by atoms with Gasteiger partial charge in [-0.15, -0.1) is 0 Å². The van der Waals surface area contributed by atoms with Gasteiger partial charge in [0.25, 0.3) is 0 Å². The van der Waals surface area contributed by atoms with Crippen LogP contribution in [0.2, 0.25) is 0 Å². The molecule has 0 fully saturated rings. The predicted octanol–water partition coefficient (Wildman–Crippen LogP) is 12.1. The molecule has 0 spiro atoms. The van der Waals surface area contributed by atoms with Gasteiger partial charge in [-0.3, -0.25) is 0 Å². The molecule has 8 aromatic rings. The molecule has 1 nitrogen and oxygen atoms in total. The first-order valence-corrected chi connectivity index (χ1v) is 15.5. The lowest BCUT2D eigenvalue weighted by Gasteiger charge is -2.27. The highest BCUT2D eigenvalue weighted by Crippen LogP contribution is 2.55. The summed E-state index contributed by atoms with van der Waals surface area (Å²) in [6.07, 6.45) is 0. The second kappa shape index (κ2) is 9.30. The normalized spacial score (nSPS) is 13.4. The van der Waals surface area contributed by atoms with Gasteiger partial charge in [0.05, 0.1) is 0 Å². The van der Waals surface area contributed by atoms with Crippen LogP contribution in [0.4, 0.5) is 17.1 Å². The minimum atomic E-state index is -0.0813. The van der Waals surface area contributed by atoms with Crippen molar-refractivity contribution in [2.24, 2.45) is 0 Å². The number of fused-ring (bicyclic) bond motifs is 11. The molecule has 0 saturated carbocycles. The van der Waals surface area contributed by atoms with Crippen molar-refractivity contribution in [3.05, 3.63) is 163 Å². The molecule has 0 amide bonds. The van der Waals surface area contributed by atoms with Crippen LogP contribution in [0, 0.1) is 0 Å². The minimum Gasteiger partial charge on any atom is -0.310 e. The average Bonchev–Trinajstić information content (AvgIpc) is 3.32. The van der Waals surface area contributed by atoms with Gasteiger partial charge in [0.2, 0.25) is 0 Å². The Kier molecular flexibility index (Phi) is 5.31. The van der Waals surface area contributed by atoms with Gasteiger partial charge >= 0.3 is 0 Å². The molecule has 0 aromatic heterocycles. The molecule has 0 atom stereocenters. The monoisotopic (exact) mass is 561 g/mol. The zero-order chi connectivity index (χ0) is 29.4. The van der Waals surface area contributed by atoms with Crippen LogP contribution in [0.15, 0.2) is 152 Å². The zero-order valence-electron chi connectivity index (χ0n) is 24.9. The third kappa shape index (κ3) is 3.53. The molecule has 1 heteroatoms. The number of nitrogens with zero attached hydrogens (tertiary/aromatic N) is 1. The summed E-state index contributed by atoms with van der Waals surface area (Å²) in [4.78, 5) is 2.37. The fourth-order valence-electron chi connectivity index (χ4n) is 7.79. The fourth-order valence-corrected chi connectivity index (χ4v) is 7.79. The molecule has 1 aliphatic carbocycles. The van der Waals surface area contributed by atoms with E-state index in [4.69, 9.17) is 0 Å². The minimum absolute atomic E-state index is 0.0813. The van der Waals surface area contributed by atoms with Crippen LogP contribution in [0.5, 0.6) is 0 Å². The van der Waals surface area contributed by atoms with Gasteiger partial charge in [0, 0.05) is 22.5 Å². The lowest BCUT2D eigenvalue weighted by molar-refractivity contribution is 0.666. The molecule has 0 heterocycles. The van der Waals surface area contributed by atoms with E-state index in [-0.39, 0.29) is 5.41 Å². The Labute approximate surface area is 257 Å². The van der Waals surface area contributed by atoms with E-state index in [9.17, 15) is 0 Å². The summed E-state index contributed by atoms with van der Waals surface area (Å²) in [6, 6.07) is 55.7. The number of hydrogen-bond donors (Lipinski definition) is 0. The molecule has 0 unspecified atom stereocenters. The Bertz CT molecular complexity index is 2420. The molecule has 0 aliphatic heterocycles. The van der Waals surface area contributed by atoms with E-state index in [1.807, 2.05) is 0 Å². The Morgan fingerprint density at radius 1 is 0.432 bits per heavy atom. The second-order valence-electron chi connectivity index (χ2n) is 12.6. The fraction of sp³-hybridized carbons (Fsp3) is 0.0698. The number of para-hydroxylation sites is 1. The summed E-state index contributed by atoms with van der Waals surface area (Å²) in [5.41, 5.74) is 8.99. The van der Waals surface area contributed by atoms with Crippen molar-refractivity contribution in [3.63, 3.8) is 0 Å². The van der Waals surface area contributed by atoms with Crippen molar-refractivity contribution in [1.29, 1.82) is 0 Å². The Morgan fingerprint density at radius 3 is 1.89 bits per heavy atom. The van der Waals surface area contributed by atoms with Gasteiger partial charge in [0.15, 0.2) is 0 Å².